The number of rotatable bonds is 11. The van der Waals surface area contributed by atoms with E-state index in [1.807, 2.05) is 9.80 Å². The minimum Gasteiger partial charge on any atom is -0.550 e. The van der Waals surface area contributed by atoms with Gasteiger partial charge in [-0.15, -0.1) is 0 Å². The summed E-state index contributed by atoms with van der Waals surface area (Å²) >= 11 is 0. The van der Waals surface area contributed by atoms with Gasteiger partial charge >= 0.3 is 0 Å². The maximum absolute atomic E-state index is 13.0. The van der Waals surface area contributed by atoms with Crippen LogP contribution in [0.25, 0.3) is 22.1 Å². The van der Waals surface area contributed by atoms with Crippen molar-refractivity contribution in [2.75, 3.05) is 65.4 Å². The Morgan fingerprint density at radius 3 is 2.10 bits per heavy atom. The van der Waals surface area contributed by atoms with Gasteiger partial charge in [0.2, 0.25) is 17.0 Å². The summed E-state index contributed by atoms with van der Waals surface area (Å²) < 4.78 is 5.96. The SMILES string of the molecule is C[C@H](CC(=O)CN1CCNCCN(CC(=O)N[C@@H](C)C(=O)[O-])CCN(Cc2ccc3c(=O)c4ccccc4oc3n2)CC1)C(=O)[O-].O.O.[Eu]. The van der Waals surface area contributed by atoms with Crippen LogP contribution < -0.4 is 26.3 Å². The van der Waals surface area contributed by atoms with Gasteiger partial charge in [0.1, 0.15) is 11.4 Å². The predicted molar refractivity (Wildman–Crippen MR) is 172 cm³/mol. The van der Waals surface area contributed by atoms with Crippen LogP contribution in [0.3, 0.4) is 0 Å². The number of benzene rings is 1. The second-order valence-electron chi connectivity index (χ2n) is 11.7. The van der Waals surface area contributed by atoms with Gasteiger partial charge in [-0.1, -0.05) is 19.1 Å². The van der Waals surface area contributed by atoms with Gasteiger partial charge in [0.05, 0.1) is 41.6 Å². The number of hydrogen-bond donors (Lipinski definition) is 2. The molecule has 17 heteroatoms. The molecule has 1 fully saturated rings. The number of nitrogens with zero attached hydrogens (tertiary/aromatic N) is 4. The molecule has 2 atom stereocenters. The van der Waals surface area contributed by atoms with Gasteiger partial charge in [0, 0.05) is 127 Å². The summed E-state index contributed by atoms with van der Waals surface area (Å²) in [6, 6.07) is 9.36. The quantitative estimate of drug-likeness (QED) is 0.177. The molecule has 16 nitrogen and oxygen atoms in total. The molecule has 0 unspecified atom stereocenters. The minimum absolute atomic E-state index is 0. The molecule has 1 aliphatic rings. The Labute approximate surface area is 324 Å². The van der Waals surface area contributed by atoms with Gasteiger partial charge in [-0.05, 0) is 31.2 Å². The van der Waals surface area contributed by atoms with Crippen molar-refractivity contribution in [2.45, 2.75) is 32.9 Å². The number of carboxylic acid groups (broad SMARTS) is 2. The number of carbonyl (C=O) groups is 4. The zero-order chi connectivity index (χ0) is 33.2. The van der Waals surface area contributed by atoms with Gasteiger partial charge in [-0.25, -0.2) is 4.98 Å². The zero-order valence-electron chi connectivity index (χ0n) is 27.5. The Morgan fingerprint density at radius 1 is 0.857 bits per heavy atom. The fourth-order valence-corrected chi connectivity index (χ4v) is 5.30. The normalized spacial score (nSPS) is 16.4. The Bertz CT molecular complexity index is 1570. The van der Waals surface area contributed by atoms with Crippen molar-refractivity contribution < 1.29 is 94.1 Å². The van der Waals surface area contributed by atoms with Crippen LogP contribution in [0.4, 0.5) is 0 Å². The molecule has 1 aliphatic heterocycles. The number of Topliss-reactive ketones (excluding diaryl/α,β-unsaturated/α-hetero) is 1. The molecule has 1 saturated heterocycles. The number of nitrogens with one attached hydrogen (secondary N) is 2. The first kappa shape index (κ1) is 44.3. The van der Waals surface area contributed by atoms with Gasteiger partial charge < -0.3 is 45.8 Å². The Morgan fingerprint density at radius 2 is 1.47 bits per heavy atom. The van der Waals surface area contributed by atoms with Crippen LogP contribution >= 0.6 is 0 Å². The fraction of sp³-hybridized carbons (Fsp3) is 0.500. The number of pyridine rings is 1. The molecule has 271 valence electrons. The zero-order valence-corrected chi connectivity index (χ0v) is 30.0. The van der Waals surface area contributed by atoms with E-state index in [2.05, 4.69) is 20.5 Å². The molecular formula is C32H44EuN6O10-2. The topological polar surface area (TPSA) is 254 Å². The molecule has 1 amide bonds. The third-order valence-electron chi connectivity index (χ3n) is 8.00. The van der Waals surface area contributed by atoms with Crippen LogP contribution in [-0.4, -0.2) is 126 Å². The van der Waals surface area contributed by atoms with E-state index in [1.54, 1.807) is 36.4 Å². The van der Waals surface area contributed by atoms with Gasteiger partial charge in [-0.3, -0.25) is 29.1 Å². The maximum atomic E-state index is 13.0. The van der Waals surface area contributed by atoms with Crippen LogP contribution in [0.2, 0.25) is 0 Å². The van der Waals surface area contributed by atoms with Gasteiger partial charge in [-0.2, -0.15) is 0 Å². The maximum Gasteiger partial charge on any atom is 0.234 e. The number of aliphatic carboxylic acids is 2. The number of para-hydroxylation sites is 1. The molecule has 3 aromatic rings. The molecule has 1 radical (unpaired) electrons. The molecule has 0 aliphatic carbocycles. The van der Waals surface area contributed by atoms with Crippen molar-refractivity contribution >= 4 is 45.7 Å². The Kier molecular flexibility index (Phi) is 19.4. The molecule has 0 saturated carbocycles. The summed E-state index contributed by atoms with van der Waals surface area (Å²) in [6.07, 6.45) is -0.107. The van der Waals surface area contributed by atoms with Crippen LogP contribution in [-0.2, 0) is 25.7 Å². The predicted octanol–water partition coefficient (Wildman–Crippen LogP) is -3.70. The smallest absolute Gasteiger partial charge is 0.234 e. The summed E-state index contributed by atoms with van der Waals surface area (Å²) in [4.78, 5) is 71.2. The molecule has 4 rings (SSSR count). The first-order valence-corrected chi connectivity index (χ1v) is 15.4. The molecule has 6 N–H and O–H groups in total. The van der Waals surface area contributed by atoms with E-state index in [1.165, 1.54) is 13.8 Å². The standard InChI is InChI=1S/C32H42N6O8.Eu.2H2O/c1-21(31(42)43)17-24(39)19-36-11-9-33-10-12-37(20-28(40)34-22(2)32(44)45)14-16-38(15-13-36)18-23-7-8-26-29(41)25-5-3-4-6-27(25)46-30(26)35-23;;;/h3-8,21-22,33H,9-20H2,1-2H3,(H,34,40)(H,42,43)(H,44,45);;2*1H2/p-2/t21-,22+;;;/m1.../s1. The summed E-state index contributed by atoms with van der Waals surface area (Å²) in [7, 11) is 0. The monoisotopic (exact) mass is 825 g/mol. The van der Waals surface area contributed by atoms with E-state index in [4.69, 9.17) is 4.42 Å². The van der Waals surface area contributed by atoms with Crippen molar-refractivity contribution in [3.63, 3.8) is 0 Å². The van der Waals surface area contributed by atoms with Gasteiger partial charge in [0.15, 0.2) is 0 Å². The van der Waals surface area contributed by atoms with Crippen LogP contribution in [0, 0.1) is 55.3 Å². The summed E-state index contributed by atoms with van der Waals surface area (Å²) in [5.41, 5.74) is 1.18. The van der Waals surface area contributed by atoms with Crippen molar-refractivity contribution in [3.05, 3.63) is 52.3 Å². The van der Waals surface area contributed by atoms with Gasteiger partial charge in [0.25, 0.3) is 0 Å². The minimum atomic E-state index is -1.36. The molecular weight excluding hydrogens is 780 g/mol. The number of fused-ring (bicyclic) bond motifs is 2. The number of aromatic nitrogens is 1. The number of carboxylic acids is 2. The van der Waals surface area contributed by atoms with E-state index in [0.717, 1.165) is 0 Å². The second kappa shape index (κ2) is 21.5. The van der Waals surface area contributed by atoms with Crippen LogP contribution in [0.15, 0.2) is 45.6 Å². The van der Waals surface area contributed by atoms with E-state index < -0.39 is 29.8 Å². The summed E-state index contributed by atoms with van der Waals surface area (Å²) in [5, 5.41) is 28.9. The molecule has 2 aromatic heterocycles. The molecule has 1 aromatic carbocycles. The third-order valence-corrected chi connectivity index (χ3v) is 8.00. The average molecular weight is 825 g/mol. The van der Waals surface area contributed by atoms with E-state index >= 15 is 0 Å². The second-order valence-corrected chi connectivity index (χ2v) is 11.7. The number of ketones is 1. The Hall–Kier alpha value is -2.74. The molecule has 49 heavy (non-hydrogen) atoms. The van der Waals surface area contributed by atoms with E-state index in [9.17, 15) is 34.2 Å². The van der Waals surface area contributed by atoms with Crippen molar-refractivity contribution in [1.82, 2.24) is 30.3 Å². The average Bonchev–Trinajstić information content (AvgIpc) is 3.00. The molecule has 0 spiro atoms. The fourth-order valence-electron chi connectivity index (χ4n) is 5.30. The van der Waals surface area contributed by atoms with Crippen LogP contribution in [0.1, 0.15) is 26.0 Å². The van der Waals surface area contributed by atoms with Crippen molar-refractivity contribution in [2.24, 2.45) is 5.92 Å². The van der Waals surface area contributed by atoms with Crippen molar-refractivity contribution in [1.29, 1.82) is 0 Å². The molecule has 3 heterocycles. The van der Waals surface area contributed by atoms with E-state index in [0.29, 0.717) is 81.0 Å². The summed E-state index contributed by atoms with van der Waals surface area (Å²) in [5.74, 6) is -4.10. The largest absolute Gasteiger partial charge is 0.550 e. The summed E-state index contributed by atoms with van der Waals surface area (Å²) in [6.45, 7) is 7.45. The third kappa shape index (κ3) is 13.5. The van der Waals surface area contributed by atoms with Crippen LogP contribution in [0.5, 0.6) is 0 Å². The number of carbonyl (C=O) groups excluding carboxylic acids is 4. The van der Waals surface area contributed by atoms with Crippen molar-refractivity contribution in [3.8, 4) is 0 Å². The first-order chi connectivity index (χ1) is 22.0. The first-order valence-electron chi connectivity index (χ1n) is 15.4. The number of amides is 1. The number of hydrogen-bond acceptors (Lipinski definition) is 13. The molecule has 0 bridgehead atoms. The Balaban J connectivity index is 0.00000400. The van der Waals surface area contributed by atoms with E-state index in [-0.39, 0.29) is 96.8 Å².